The van der Waals surface area contributed by atoms with E-state index in [2.05, 4.69) is 22.6 Å². The maximum Gasteiger partial charge on any atom is 0.333 e. The predicted octanol–water partition coefficient (Wildman–Crippen LogP) is 0.691. The number of rotatable bonds is 10. The minimum absolute atomic E-state index is 0. The van der Waals surface area contributed by atoms with Crippen molar-refractivity contribution in [1.29, 1.82) is 0 Å². The van der Waals surface area contributed by atoms with Crippen molar-refractivity contribution in [3.05, 3.63) is 36.5 Å². The Bertz CT molecular complexity index is 498. The lowest BCUT2D eigenvalue weighted by Gasteiger charge is -2.05. The quantitative estimate of drug-likeness (QED) is 0.261. The fraction of sp³-hybridized carbons (Fsp3) is 0.375. The second kappa shape index (κ2) is 13.5. The fourth-order valence-corrected chi connectivity index (χ4v) is 1.03. The third-order valence-electron chi connectivity index (χ3n) is 2.17. The Labute approximate surface area is 145 Å². The van der Waals surface area contributed by atoms with E-state index in [-0.39, 0.29) is 43.0 Å². The third kappa shape index (κ3) is 13.2. The van der Waals surface area contributed by atoms with Gasteiger partial charge in [-0.1, -0.05) is 13.2 Å². The summed E-state index contributed by atoms with van der Waals surface area (Å²) in [6.07, 6.45) is 1.73. The Morgan fingerprint density at radius 2 is 0.960 bits per heavy atom. The Hall–Kier alpha value is -2.94. The average Bonchev–Trinajstić information content (AvgIpc) is 2.52. The summed E-state index contributed by atoms with van der Waals surface area (Å²) in [7, 11) is 0. The molecule has 0 atom stereocenters. The van der Waals surface area contributed by atoms with Crippen molar-refractivity contribution in [2.24, 2.45) is 0 Å². The van der Waals surface area contributed by atoms with Gasteiger partial charge in [-0.15, -0.1) is 0 Å². The van der Waals surface area contributed by atoms with Crippen molar-refractivity contribution in [3.8, 4) is 0 Å². The molecule has 0 fully saturated rings. The molecule has 0 aliphatic rings. The second-order valence-corrected chi connectivity index (χ2v) is 4.50. The van der Waals surface area contributed by atoms with Gasteiger partial charge in [-0.05, 0) is 13.8 Å². The van der Waals surface area contributed by atoms with E-state index in [9.17, 15) is 19.2 Å². The summed E-state index contributed by atoms with van der Waals surface area (Å²) < 4.78 is 18.8. The molecule has 0 spiro atoms. The van der Waals surface area contributed by atoms with Crippen LogP contribution in [0.5, 0.6) is 0 Å². The van der Waals surface area contributed by atoms with E-state index in [4.69, 9.17) is 9.47 Å². The van der Waals surface area contributed by atoms with E-state index in [1.165, 1.54) is 13.8 Å². The van der Waals surface area contributed by atoms with Crippen molar-refractivity contribution in [2.75, 3.05) is 26.4 Å². The van der Waals surface area contributed by atoms with Gasteiger partial charge in [-0.2, -0.15) is 0 Å². The smallest absolute Gasteiger partial charge is 0.333 e. The molecule has 0 saturated carbocycles. The molecule has 0 aromatic carbocycles. The van der Waals surface area contributed by atoms with Crippen LogP contribution >= 0.6 is 0 Å². The first-order valence-electron chi connectivity index (χ1n) is 6.91. The second-order valence-electron chi connectivity index (χ2n) is 4.50. The van der Waals surface area contributed by atoms with Gasteiger partial charge >= 0.3 is 23.9 Å². The molecule has 1 radical (unpaired) electrons. The number of esters is 4. The minimum Gasteiger partial charge on any atom is -0.459 e. The lowest BCUT2D eigenvalue weighted by Crippen LogP contribution is -2.14. The van der Waals surface area contributed by atoms with Crippen LogP contribution in [-0.4, -0.2) is 55.8 Å². The topological polar surface area (TPSA) is 135 Å². The van der Waals surface area contributed by atoms with E-state index in [1.54, 1.807) is 0 Å². The van der Waals surface area contributed by atoms with Crippen LogP contribution in [0.3, 0.4) is 0 Å². The SMILES string of the molecule is C=C(C)C(=O)OCCOC(=O)/C=C\C(=O)OCCOC(=O)C(=C)C.[OH]. The molecule has 0 aromatic rings. The normalized spacial score (nSPS) is 9.52. The number of hydrogen-bond donors (Lipinski definition) is 1. The molecule has 139 valence electrons. The molecule has 0 aliphatic heterocycles. The van der Waals surface area contributed by atoms with E-state index in [1.807, 2.05) is 0 Å². The first-order chi connectivity index (χ1) is 11.2. The van der Waals surface area contributed by atoms with Crippen LogP contribution in [0.25, 0.3) is 0 Å². The number of carbonyl (C=O) groups excluding carboxylic acids is 4. The van der Waals surface area contributed by atoms with Gasteiger partial charge in [0.2, 0.25) is 0 Å². The molecule has 0 unspecified atom stereocenters. The van der Waals surface area contributed by atoms with E-state index in [0.29, 0.717) is 0 Å². The zero-order valence-electron chi connectivity index (χ0n) is 14.1. The standard InChI is InChI=1S/C16H20O8.HO/c1-11(2)15(19)23-9-7-21-13(17)5-6-14(18)22-8-10-24-16(20)12(3)4;/h5-6H,1,3,7-10H2,2,4H3;1H/b6-5-;. The Morgan fingerprint density at radius 1 is 0.680 bits per heavy atom. The highest BCUT2D eigenvalue weighted by atomic mass is 16.6. The van der Waals surface area contributed by atoms with Crippen LogP contribution in [0.1, 0.15) is 13.8 Å². The number of ether oxygens (including phenoxy) is 4. The molecule has 25 heavy (non-hydrogen) atoms. The lowest BCUT2D eigenvalue weighted by atomic mass is 10.4. The minimum atomic E-state index is -0.799. The van der Waals surface area contributed by atoms with Crippen LogP contribution in [0, 0.1) is 0 Å². The van der Waals surface area contributed by atoms with Gasteiger partial charge in [0.1, 0.15) is 26.4 Å². The maximum atomic E-state index is 11.3. The summed E-state index contributed by atoms with van der Waals surface area (Å²) in [4.78, 5) is 44.6. The molecule has 0 amide bonds. The fourth-order valence-electron chi connectivity index (χ4n) is 1.03. The Balaban J connectivity index is 0. The van der Waals surface area contributed by atoms with Gasteiger partial charge in [0.25, 0.3) is 0 Å². The molecule has 0 bridgehead atoms. The van der Waals surface area contributed by atoms with Crippen LogP contribution in [-0.2, 0) is 38.1 Å². The molecule has 9 nitrogen and oxygen atoms in total. The summed E-state index contributed by atoms with van der Waals surface area (Å²) in [6, 6.07) is 0. The molecular formula is C16H21O9. The van der Waals surface area contributed by atoms with E-state index < -0.39 is 23.9 Å². The van der Waals surface area contributed by atoms with Gasteiger partial charge in [-0.25, -0.2) is 19.2 Å². The van der Waals surface area contributed by atoms with Gasteiger partial charge in [-0.3, -0.25) is 5.48 Å². The molecule has 9 heteroatoms. The van der Waals surface area contributed by atoms with Crippen LogP contribution in [0.15, 0.2) is 36.5 Å². The van der Waals surface area contributed by atoms with E-state index >= 15 is 0 Å². The summed E-state index contributed by atoms with van der Waals surface area (Å²) in [5.41, 5.74) is 0.468. The zero-order chi connectivity index (χ0) is 18.5. The molecule has 0 rings (SSSR count). The first kappa shape index (κ1) is 24.3. The summed E-state index contributed by atoms with van der Waals surface area (Å²) in [5, 5.41) is 0. The van der Waals surface area contributed by atoms with Gasteiger partial charge < -0.3 is 18.9 Å². The van der Waals surface area contributed by atoms with E-state index in [0.717, 1.165) is 12.2 Å². The lowest BCUT2D eigenvalue weighted by molar-refractivity contribution is -0.147. The third-order valence-corrected chi connectivity index (χ3v) is 2.17. The highest BCUT2D eigenvalue weighted by Crippen LogP contribution is 1.93. The van der Waals surface area contributed by atoms with Gasteiger partial charge in [0, 0.05) is 23.3 Å². The van der Waals surface area contributed by atoms with Crippen molar-refractivity contribution < 1.29 is 43.6 Å². The first-order valence-corrected chi connectivity index (χ1v) is 6.91. The molecular weight excluding hydrogens is 336 g/mol. The molecule has 0 aromatic heterocycles. The van der Waals surface area contributed by atoms with Crippen molar-refractivity contribution in [2.45, 2.75) is 13.8 Å². The molecule has 0 aliphatic carbocycles. The van der Waals surface area contributed by atoms with Crippen LogP contribution in [0.4, 0.5) is 0 Å². The zero-order valence-corrected chi connectivity index (χ0v) is 14.1. The van der Waals surface area contributed by atoms with Crippen molar-refractivity contribution in [3.63, 3.8) is 0 Å². The monoisotopic (exact) mass is 357 g/mol. The molecule has 1 N–H and O–H groups in total. The maximum absolute atomic E-state index is 11.3. The summed E-state index contributed by atoms with van der Waals surface area (Å²) in [5.74, 6) is -2.77. The van der Waals surface area contributed by atoms with Crippen LogP contribution < -0.4 is 0 Å². The summed E-state index contributed by atoms with van der Waals surface area (Å²) >= 11 is 0. The van der Waals surface area contributed by atoms with Gasteiger partial charge in [0.05, 0.1) is 0 Å². The van der Waals surface area contributed by atoms with Gasteiger partial charge in [0.15, 0.2) is 0 Å². The molecule has 0 heterocycles. The Kier molecular flexibility index (Phi) is 13.1. The number of carbonyl (C=O) groups is 4. The highest BCUT2D eigenvalue weighted by molar-refractivity contribution is 5.91. The highest BCUT2D eigenvalue weighted by Gasteiger charge is 2.05. The average molecular weight is 357 g/mol. The predicted molar refractivity (Wildman–Crippen MR) is 84.5 cm³/mol. The van der Waals surface area contributed by atoms with Crippen LogP contribution in [0.2, 0.25) is 0 Å². The summed E-state index contributed by atoms with van der Waals surface area (Å²) in [6.45, 7) is 9.20. The van der Waals surface area contributed by atoms with Crippen molar-refractivity contribution >= 4 is 23.9 Å². The molecule has 0 saturated heterocycles. The number of hydrogen-bond acceptors (Lipinski definition) is 8. The Morgan fingerprint density at radius 3 is 1.24 bits per heavy atom. The largest absolute Gasteiger partial charge is 0.459 e. The van der Waals surface area contributed by atoms with Crippen molar-refractivity contribution in [1.82, 2.24) is 0 Å².